The van der Waals surface area contributed by atoms with E-state index in [0.29, 0.717) is 11.4 Å². The van der Waals surface area contributed by atoms with Crippen LogP contribution in [0.1, 0.15) is 19.8 Å². The van der Waals surface area contributed by atoms with Gasteiger partial charge in [0, 0.05) is 6.20 Å². The average molecular weight is 288 g/mol. The van der Waals surface area contributed by atoms with E-state index < -0.39 is 5.54 Å². The number of aromatic nitrogens is 1. The van der Waals surface area contributed by atoms with Gasteiger partial charge in [0.2, 0.25) is 5.91 Å². The van der Waals surface area contributed by atoms with E-state index in [1.165, 1.54) is 0 Å². The van der Waals surface area contributed by atoms with Crippen molar-refractivity contribution >= 4 is 29.3 Å². The Labute approximate surface area is 117 Å². The van der Waals surface area contributed by atoms with E-state index in [1.54, 1.807) is 25.0 Å². The van der Waals surface area contributed by atoms with Crippen molar-refractivity contribution in [2.45, 2.75) is 30.3 Å². The summed E-state index contributed by atoms with van der Waals surface area (Å²) < 4.78 is 0. The molecule has 1 amide bonds. The quantitative estimate of drug-likeness (QED) is 0.595. The smallest absolute Gasteiger partial charge is 0.237 e. The van der Waals surface area contributed by atoms with Gasteiger partial charge in [-0.2, -0.15) is 0 Å². The van der Waals surface area contributed by atoms with Gasteiger partial charge in [0.15, 0.2) is 0 Å². The van der Waals surface area contributed by atoms with E-state index in [2.05, 4.69) is 10.3 Å². The number of hydrogen-bond donors (Lipinski definition) is 2. The highest BCUT2D eigenvalue weighted by atomic mass is 35.5. The summed E-state index contributed by atoms with van der Waals surface area (Å²) in [5.74, 6) is 0.568. The summed E-state index contributed by atoms with van der Waals surface area (Å²) in [6, 6.07) is 3.70. The number of carbonyl (C=O) groups excluding carboxylic acids is 1. The molecule has 3 N–H and O–H groups in total. The Bertz CT molecular complexity index is 399. The van der Waals surface area contributed by atoms with E-state index in [-0.39, 0.29) is 5.91 Å². The number of carbonyl (C=O) groups is 1. The SMILES string of the molecule is CNC(C)(CCCSc1ccc(Cl)cn1)C(N)=O. The number of nitrogens with one attached hydrogen (secondary N) is 1. The molecule has 0 aliphatic carbocycles. The zero-order chi connectivity index (χ0) is 13.6. The van der Waals surface area contributed by atoms with E-state index in [1.807, 2.05) is 19.1 Å². The number of hydrogen-bond acceptors (Lipinski definition) is 4. The van der Waals surface area contributed by atoms with Gasteiger partial charge in [-0.1, -0.05) is 11.6 Å². The lowest BCUT2D eigenvalue weighted by atomic mass is 9.96. The van der Waals surface area contributed by atoms with Crippen LogP contribution in [0.5, 0.6) is 0 Å². The normalized spacial score (nSPS) is 14.2. The van der Waals surface area contributed by atoms with E-state index in [9.17, 15) is 4.79 Å². The molecule has 1 rings (SSSR count). The maximum atomic E-state index is 11.3. The topological polar surface area (TPSA) is 68.0 Å². The molecule has 1 atom stereocenters. The lowest BCUT2D eigenvalue weighted by Crippen LogP contribution is -2.51. The van der Waals surface area contributed by atoms with Crippen LogP contribution in [-0.2, 0) is 4.79 Å². The molecule has 6 heteroatoms. The Morgan fingerprint density at radius 1 is 1.61 bits per heavy atom. The maximum Gasteiger partial charge on any atom is 0.237 e. The first-order valence-corrected chi connectivity index (χ1v) is 7.07. The summed E-state index contributed by atoms with van der Waals surface area (Å²) in [4.78, 5) is 15.5. The first kappa shape index (κ1) is 15.3. The number of rotatable bonds is 7. The lowest BCUT2D eigenvalue weighted by Gasteiger charge is -2.25. The molecule has 0 aliphatic rings. The van der Waals surface area contributed by atoms with E-state index >= 15 is 0 Å². The molecule has 4 nitrogen and oxygen atoms in total. The first-order chi connectivity index (χ1) is 8.48. The number of pyridine rings is 1. The Hall–Kier alpha value is -0.780. The molecule has 0 saturated heterocycles. The Morgan fingerprint density at radius 3 is 2.83 bits per heavy atom. The summed E-state index contributed by atoms with van der Waals surface area (Å²) in [5.41, 5.74) is 4.73. The van der Waals surface area contributed by atoms with Crippen molar-refractivity contribution in [3.05, 3.63) is 23.4 Å². The van der Waals surface area contributed by atoms with Crippen LogP contribution in [0.4, 0.5) is 0 Å². The van der Waals surface area contributed by atoms with Crippen LogP contribution >= 0.6 is 23.4 Å². The molecule has 1 aromatic heterocycles. The van der Waals surface area contributed by atoms with Crippen molar-refractivity contribution < 1.29 is 4.79 Å². The number of nitrogens with two attached hydrogens (primary N) is 1. The monoisotopic (exact) mass is 287 g/mol. The van der Waals surface area contributed by atoms with Gasteiger partial charge in [0.05, 0.1) is 15.6 Å². The number of likely N-dealkylation sites (N-methyl/N-ethyl adjacent to an activating group) is 1. The average Bonchev–Trinajstić information content (AvgIpc) is 2.36. The minimum absolute atomic E-state index is 0.320. The van der Waals surface area contributed by atoms with Gasteiger partial charge in [0.1, 0.15) is 0 Å². The number of thioether (sulfide) groups is 1. The van der Waals surface area contributed by atoms with Crippen molar-refractivity contribution in [2.75, 3.05) is 12.8 Å². The lowest BCUT2D eigenvalue weighted by molar-refractivity contribution is -0.123. The first-order valence-electron chi connectivity index (χ1n) is 5.71. The van der Waals surface area contributed by atoms with Crippen LogP contribution in [0.2, 0.25) is 5.02 Å². The highest BCUT2D eigenvalue weighted by Gasteiger charge is 2.27. The van der Waals surface area contributed by atoms with Crippen molar-refractivity contribution in [3.8, 4) is 0 Å². The summed E-state index contributed by atoms with van der Waals surface area (Å²) in [6.07, 6.45) is 3.22. The van der Waals surface area contributed by atoms with E-state index in [0.717, 1.165) is 17.2 Å². The van der Waals surface area contributed by atoms with Gasteiger partial charge in [0.25, 0.3) is 0 Å². The second kappa shape index (κ2) is 6.97. The maximum absolute atomic E-state index is 11.3. The predicted molar refractivity (Wildman–Crippen MR) is 75.9 cm³/mol. The number of amides is 1. The minimum atomic E-state index is -0.631. The van der Waals surface area contributed by atoms with Crippen LogP contribution < -0.4 is 11.1 Å². The molecule has 100 valence electrons. The number of halogens is 1. The summed E-state index contributed by atoms with van der Waals surface area (Å²) in [5, 5.41) is 4.54. The van der Waals surface area contributed by atoms with Crippen LogP contribution in [0, 0.1) is 0 Å². The minimum Gasteiger partial charge on any atom is -0.368 e. The second-order valence-corrected chi connectivity index (χ2v) is 5.76. The molecule has 0 spiro atoms. The third-order valence-electron chi connectivity index (χ3n) is 2.87. The molecular formula is C12H18ClN3OS. The number of nitrogens with zero attached hydrogens (tertiary/aromatic N) is 1. The molecule has 0 bridgehead atoms. The highest BCUT2D eigenvalue weighted by molar-refractivity contribution is 7.99. The molecule has 0 fully saturated rings. The van der Waals surface area contributed by atoms with Crippen LogP contribution in [-0.4, -0.2) is 29.2 Å². The molecule has 1 aromatic rings. The van der Waals surface area contributed by atoms with Crippen molar-refractivity contribution in [1.82, 2.24) is 10.3 Å². The largest absolute Gasteiger partial charge is 0.368 e. The zero-order valence-corrected chi connectivity index (χ0v) is 12.1. The fraction of sp³-hybridized carbons (Fsp3) is 0.500. The number of primary amides is 1. The van der Waals surface area contributed by atoms with E-state index in [4.69, 9.17) is 17.3 Å². The van der Waals surface area contributed by atoms with Crippen molar-refractivity contribution in [1.29, 1.82) is 0 Å². The molecule has 0 radical (unpaired) electrons. The molecule has 0 aliphatic heterocycles. The van der Waals surface area contributed by atoms with Gasteiger partial charge >= 0.3 is 0 Å². The Kier molecular flexibility index (Phi) is 5.91. The molecular weight excluding hydrogens is 270 g/mol. The van der Waals surface area contributed by atoms with Crippen molar-refractivity contribution in [2.24, 2.45) is 5.73 Å². The van der Waals surface area contributed by atoms with Gasteiger partial charge in [-0.3, -0.25) is 4.79 Å². The third kappa shape index (κ3) is 4.48. The van der Waals surface area contributed by atoms with Gasteiger partial charge < -0.3 is 11.1 Å². The summed E-state index contributed by atoms with van der Waals surface area (Å²) in [7, 11) is 1.75. The fourth-order valence-electron chi connectivity index (χ4n) is 1.42. The molecule has 1 unspecified atom stereocenters. The van der Waals surface area contributed by atoms with Crippen LogP contribution in [0.15, 0.2) is 23.4 Å². The van der Waals surface area contributed by atoms with Gasteiger partial charge in [-0.25, -0.2) is 4.98 Å². The Balaban J connectivity index is 2.34. The molecule has 0 saturated carbocycles. The molecule has 0 aromatic carbocycles. The van der Waals surface area contributed by atoms with Crippen molar-refractivity contribution in [3.63, 3.8) is 0 Å². The highest BCUT2D eigenvalue weighted by Crippen LogP contribution is 2.20. The van der Waals surface area contributed by atoms with Gasteiger partial charge in [-0.15, -0.1) is 11.8 Å². The second-order valence-electron chi connectivity index (χ2n) is 4.21. The predicted octanol–water partition coefficient (Wildman–Crippen LogP) is 2.07. The standard InChI is InChI=1S/C12H18ClN3OS/c1-12(15-2,11(14)17)6-3-7-18-10-5-4-9(13)8-16-10/h4-5,8,15H,3,6-7H2,1-2H3,(H2,14,17). The molecule has 1 heterocycles. The van der Waals surface area contributed by atoms with Crippen LogP contribution in [0.3, 0.4) is 0 Å². The third-order valence-corrected chi connectivity index (χ3v) is 4.12. The fourth-order valence-corrected chi connectivity index (χ4v) is 2.32. The Morgan fingerprint density at radius 2 is 2.33 bits per heavy atom. The molecule has 18 heavy (non-hydrogen) atoms. The van der Waals surface area contributed by atoms with Crippen LogP contribution in [0.25, 0.3) is 0 Å². The summed E-state index contributed by atoms with van der Waals surface area (Å²) in [6.45, 7) is 1.82. The van der Waals surface area contributed by atoms with Gasteiger partial charge in [-0.05, 0) is 44.7 Å². The zero-order valence-electron chi connectivity index (χ0n) is 10.6. The summed E-state index contributed by atoms with van der Waals surface area (Å²) >= 11 is 7.40.